The van der Waals surface area contributed by atoms with Gasteiger partial charge in [-0.3, -0.25) is 9.59 Å². The van der Waals surface area contributed by atoms with Crippen LogP contribution < -0.4 is 5.32 Å². The van der Waals surface area contributed by atoms with Crippen LogP contribution in [0.5, 0.6) is 0 Å². The number of likely N-dealkylation sites (tertiary alicyclic amines) is 1. The van der Waals surface area contributed by atoms with Gasteiger partial charge >= 0.3 is 6.18 Å². The fourth-order valence-electron chi connectivity index (χ4n) is 3.05. The Morgan fingerprint density at radius 2 is 1.67 bits per heavy atom. The van der Waals surface area contributed by atoms with Crippen LogP contribution in [0.15, 0.2) is 48.5 Å². The van der Waals surface area contributed by atoms with Crippen LogP contribution in [-0.4, -0.2) is 29.8 Å². The Morgan fingerprint density at radius 1 is 1.00 bits per heavy atom. The van der Waals surface area contributed by atoms with E-state index in [2.05, 4.69) is 5.32 Å². The van der Waals surface area contributed by atoms with Crippen molar-refractivity contribution in [2.45, 2.75) is 25.4 Å². The summed E-state index contributed by atoms with van der Waals surface area (Å²) in [6.45, 7) is 1.52. The number of nitrogens with one attached hydrogen (secondary N) is 1. The Balaban J connectivity index is 1.60. The van der Waals surface area contributed by atoms with Crippen molar-refractivity contribution in [2.75, 3.05) is 18.4 Å². The quantitative estimate of drug-likeness (QED) is 0.873. The maximum Gasteiger partial charge on any atom is 0.416 e. The summed E-state index contributed by atoms with van der Waals surface area (Å²) < 4.78 is 38.2. The van der Waals surface area contributed by atoms with Gasteiger partial charge in [0.1, 0.15) is 0 Å². The topological polar surface area (TPSA) is 49.4 Å². The van der Waals surface area contributed by atoms with Gasteiger partial charge in [0, 0.05) is 24.3 Å². The molecule has 1 heterocycles. The molecule has 0 atom stereocenters. The zero-order chi connectivity index (χ0) is 19.4. The summed E-state index contributed by atoms with van der Waals surface area (Å²) in [5.41, 5.74) is 0.540. The summed E-state index contributed by atoms with van der Waals surface area (Å²) in [4.78, 5) is 26.2. The van der Waals surface area contributed by atoms with Crippen LogP contribution in [0.25, 0.3) is 0 Å². The average Bonchev–Trinajstić information content (AvgIpc) is 3.16. The lowest BCUT2D eigenvalue weighted by Gasteiger charge is -2.15. The molecule has 1 aliphatic heterocycles. The highest BCUT2D eigenvalue weighted by molar-refractivity contribution is 5.96. The van der Waals surface area contributed by atoms with E-state index in [-0.39, 0.29) is 17.9 Å². The van der Waals surface area contributed by atoms with Gasteiger partial charge in [0.2, 0.25) is 5.91 Å². The molecule has 0 bridgehead atoms. The zero-order valence-corrected chi connectivity index (χ0v) is 14.6. The summed E-state index contributed by atoms with van der Waals surface area (Å²) in [6.07, 6.45) is -2.59. The molecule has 2 amide bonds. The van der Waals surface area contributed by atoms with Gasteiger partial charge in [-0.2, -0.15) is 13.2 Å². The molecule has 1 aliphatic rings. The summed E-state index contributed by atoms with van der Waals surface area (Å²) >= 11 is 0. The van der Waals surface area contributed by atoms with Crippen LogP contribution in [0, 0.1) is 0 Å². The van der Waals surface area contributed by atoms with Gasteiger partial charge in [-0.25, -0.2) is 0 Å². The number of halogens is 3. The molecular weight excluding hydrogens is 357 g/mol. The van der Waals surface area contributed by atoms with Gasteiger partial charge in [0.05, 0.1) is 12.0 Å². The van der Waals surface area contributed by atoms with E-state index in [1.807, 2.05) is 0 Å². The largest absolute Gasteiger partial charge is 0.416 e. The van der Waals surface area contributed by atoms with Crippen molar-refractivity contribution in [1.29, 1.82) is 0 Å². The second kappa shape index (κ2) is 7.82. The van der Waals surface area contributed by atoms with E-state index in [0.717, 1.165) is 38.1 Å². The minimum atomic E-state index is -4.44. The Kier molecular flexibility index (Phi) is 5.48. The number of carbonyl (C=O) groups excluding carboxylic acids is 2. The second-order valence-electron chi connectivity index (χ2n) is 6.50. The highest BCUT2D eigenvalue weighted by Gasteiger charge is 2.30. The fraction of sp³-hybridized carbons (Fsp3) is 0.300. The molecule has 7 heteroatoms. The van der Waals surface area contributed by atoms with Gasteiger partial charge in [-0.15, -0.1) is 0 Å². The SMILES string of the molecule is O=C(Cc1cccc(C(F)(F)F)c1)Nc1ccc(C(=O)N2CCCC2)cc1. The minimum Gasteiger partial charge on any atom is -0.339 e. The van der Waals surface area contributed by atoms with Gasteiger partial charge < -0.3 is 10.2 Å². The number of nitrogens with zero attached hydrogens (tertiary/aromatic N) is 1. The molecule has 27 heavy (non-hydrogen) atoms. The van der Waals surface area contributed by atoms with Crippen molar-refractivity contribution in [3.05, 3.63) is 65.2 Å². The minimum absolute atomic E-state index is 0.0330. The first-order chi connectivity index (χ1) is 12.8. The highest BCUT2D eigenvalue weighted by Crippen LogP contribution is 2.29. The first-order valence-corrected chi connectivity index (χ1v) is 8.68. The van der Waals surface area contributed by atoms with Crippen molar-refractivity contribution < 1.29 is 22.8 Å². The van der Waals surface area contributed by atoms with Crippen LogP contribution in [-0.2, 0) is 17.4 Å². The van der Waals surface area contributed by atoms with Crippen molar-refractivity contribution >= 4 is 17.5 Å². The molecule has 0 aromatic heterocycles. The van der Waals surface area contributed by atoms with Gasteiger partial charge in [0.15, 0.2) is 0 Å². The van der Waals surface area contributed by atoms with Crippen LogP contribution in [0.2, 0.25) is 0 Å². The molecule has 1 N–H and O–H groups in total. The molecule has 0 saturated carbocycles. The maximum atomic E-state index is 12.7. The molecule has 0 radical (unpaired) electrons. The summed E-state index contributed by atoms with van der Waals surface area (Å²) in [7, 11) is 0. The Morgan fingerprint density at radius 3 is 2.30 bits per heavy atom. The number of benzene rings is 2. The lowest BCUT2D eigenvalue weighted by Crippen LogP contribution is -2.27. The number of hydrogen-bond donors (Lipinski definition) is 1. The van der Waals surface area contributed by atoms with E-state index in [1.165, 1.54) is 12.1 Å². The molecule has 142 valence electrons. The van der Waals surface area contributed by atoms with Crippen molar-refractivity contribution in [3.8, 4) is 0 Å². The average molecular weight is 376 g/mol. The first kappa shape index (κ1) is 18.9. The Bertz CT molecular complexity index is 826. The van der Waals surface area contributed by atoms with Crippen LogP contribution >= 0.6 is 0 Å². The van der Waals surface area contributed by atoms with Gasteiger partial charge in [-0.1, -0.05) is 18.2 Å². The summed E-state index contributed by atoms with van der Waals surface area (Å²) in [5, 5.41) is 2.64. The van der Waals surface area contributed by atoms with E-state index in [0.29, 0.717) is 11.3 Å². The fourth-order valence-corrected chi connectivity index (χ4v) is 3.05. The van der Waals surface area contributed by atoms with Crippen molar-refractivity contribution in [1.82, 2.24) is 4.90 Å². The summed E-state index contributed by atoms with van der Waals surface area (Å²) in [6, 6.07) is 11.2. The van der Waals surface area contributed by atoms with Crippen LogP contribution in [0.3, 0.4) is 0 Å². The number of alkyl halides is 3. The maximum absolute atomic E-state index is 12.7. The zero-order valence-electron chi connectivity index (χ0n) is 14.6. The predicted octanol–water partition coefficient (Wildman–Crippen LogP) is 4.12. The number of hydrogen-bond acceptors (Lipinski definition) is 2. The summed E-state index contributed by atoms with van der Waals surface area (Å²) in [5.74, 6) is -0.456. The molecule has 2 aromatic carbocycles. The van der Waals surface area contributed by atoms with E-state index in [9.17, 15) is 22.8 Å². The van der Waals surface area contributed by atoms with Crippen LogP contribution in [0.4, 0.5) is 18.9 Å². The number of anilines is 1. The second-order valence-corrected chi connectivity index (χ2v) is 6.50. The number of amides is 2. The normalized spacial score (nSPS) is 14.3. The third-order valence-corrected chi connectivity index (χ3v) is 4.43. The van der Waals surface area contributed by atoms with Crippen molar-refractivity contribution in [2.24, 2.45) is 0 Å². The molecule has 1 fully saturated rings. The lowest BCUT2D eigenvalue weighted by atomic mass is 10.1. The Labute approximate surface area is 155 Å². The predicted molar refractivity (Wildman–Crippen MR) is 95.4 cm³/mol. The lowest BCUT2D eigenvalue weighted by molar-refractivity contribution is -0.137. The standard InChI is InChI=1S/C20H19F3N2O2/c21-20(22,23)16-5-3-4-14(12-16)13-18(26)24-17-8-6-15(7-9-17)19(27)25-10-1-2-11-25/h3-9,12H,1-2,10-11,13H2,(H,24,26). The molecule has 0 unspecified atom stereocenters. The van der Waals surface area contributed by atoms with E-state index in [1.54, 1.807) is 29.2 Å². The van der Waals surface area contributed by atoms with Crippen LogP contribution in [0.1, 0.15) is 34.3 Å². The van der Waals surface area contributed by atoms with E-state index >= 15 is 0 Å². The van der Waals surface area contributed by atoms with Gasteiger partial charge in [0.25, 0.3) is 5.91 Å². The molecule has 3 rings (SSSR count). The van der Waals surface area contributed by atoms with Gasteiger partial charge in [-0.05, 0) is 48.7 Å². The molecular formula is C20H19F3N2O2. The third-order valence-electron chi connectivity index (χ3n) is 4.43. The molecule has 0 spiro atoms. The van der Waals surface area contributed by atoms with E-state index < -0.39 is 17.6 Å². The first-order valence-electron chi connectivity index (χ1n) is 8.68. The molecule has 2 aromatic rings. The molecule has 1 saturated heterocycles. The van der Waals surface area contributed by atoms with Crippen molar-refractivity contribution in [3.63, 3.8) is 0 Å². The third kappa shape index (κ3) is 4.87. The molecule has 0 aliphatic carbocycles. The Hall–Kier alpha value is -2.83. The number of carbonyl (C=O) groups is 2. The van der Waals surface area contributed by atoms with E-state index in [4.69, 9.17) is 0 Å². The monoisotopic (exact) mass is 376 g/mol. The highest BCUT2D eigenvalue weighted by atomic mass is 19.4. The smallest absolute Gasteiger partial charge is 0.339 e. The number of rotatable bonds is 4. The molecule has 4 nitrogen and oxygen atoms in total.